The monoisotopic (exact) mass is 398 g/mol. The average molecular weight is 398 g/mol. The van der Waals surface area contributed by atoms with Gasteiger partial charge >= 0.3 is 11.9 Å². The Bertz CT molecular complexity index is 553. The number of carbonyl (C=O) groups excluding carboxylic acids is 2. The lowest BCUT2D eigenvalue weighted by molar-refractivity contribution is -0.168. The zero-order valence-electron chi connectivity index (χ0n) is 17.5. The molecule has 0 aliphatic carbocycles. The molecular weight excluding hydrogens is 364 g/mol. The minimum absolute atomic E-state index is 0.122. The smallest absolute Gasteiger partial charge is 0.303 e. The molecule has 7 heteroatoms. The molecule has 0 aromatic rings. The summed E-state index contributed by atoms with van der Waals surface area (Å²) < 4.78 is 28.0. The topological polar surface area (TPSA) is 80.3 Å². The molecule has 0 radical (unpaired) electrons. The first-order chi connectivity index (χ1) is 13.3. The first-order valence-corrected chi connectivity index (χ1v) is 10.2. The predicted molar refractivity (Wildman–Crippen MR) is 103 cm³/mol. The van der Waals surface area contributed by atoms with Crippen molar-refractivity contribution in [1.29, 1.82) is 0 Å². The van der Waals surface area contributed by atoms with Gasteiger partial charge in [-0.1, -0.05) is 6.92 Å². The van der Waals surface area contributed by atoms with E-state index in [1.54, 1.807) is 0 Å². The van der Waals surface area contributed by atoms with Crippen molar-refractivity contribution in [3.63, 3.8) is 0 Å². The zero-order valence-corrected chi connectivity index (χ0v) is 17.5. The second-order valence-corrected chi connectivity index (χ2v) is 7.88. The molecule has 0 bridgehead atoms. The lowest BCUT2D eigenvalue weighted by Gasteiger charge is -2.35. The van der Waals surface area contributed by atoms with Gasteiger partial charge in [0.1, 0.15) is 18.3 Å². The summed E-state index contributed by atoms with van der Waals surface area (Å²) in [7, 11) is 0. The Labute approximate surface area is 167 Å². The van der Waals surface area contributed by atoms with Crippen LogP contribution in [0, 0.1) is 5.92 Å². The number of rotatable bonds is 8. The number of hydrogen-bond donors (Lipinski definition) is 0. The van der Waals surface area contributed by atoms with E-state index in [9.17, 15) is 9.59 Å². The minimum atomic E-state index is -0.556. The third kappa shape index (κ3) is 7.18. The Morgan fingerprint density at radius 3 is 2.61 bits per heavy atom. The molecule has 2 heterocycles. The summed E-state index contributed by atoms with van der Waals surface area (Å²) in [5, 5.41) is 0. The summed E-state index contributed by atoms with van der Waals surface area (Å²) in [5.74, 6) is -0.296. The van der Waals surface area contributed by atoms with Gasteiger partial charge in [-0.2, -0.15) is 0 Å². The number of ether oxygens (including phenoxy) is 5. The third-order valence-electron chi connectivity index (χ3n) is 5.41. The van der Waals surface area contributed by atoms with Crippen molar-refractivity contribution in [2.24, 2.45) is 5.92 Å². The summed E-state index contributed by atoms with van der Waals surface area (Å²) in [5.41, 5.74) is 0.503. The fourth-order valence-electron chi connectivity index (χ4n) is 3.72. The standard InChI is InChI=1S/C21H34O7/c1-15(20-25-12-13-26-20)6-5-10-21(4)19(28-17(3)23)8-7-18(14-27-21)9-11-24-16(2)22/h9,15,19-20H,5-8,10-14H2,1-4H3/t15?,19-,21?/m1/s1. The summed E-state index contributed by atoms with van der Waals surface area (Å²) in [6.07, 6.45) is 5.54. The van der Waals surface area contributed by atoms with E-state index in [-0.39, 0.29) is 30.9 Å². The summed E-state index contributed by atoms with van der Waals surface area (Å²) in [6, 6.07) is 0. The molecule has 2 aliphatic heterocycles. The zero-order chi connectivity index (χ0) is 20.6. The first kappa shape index (κ1) is 22.8. The number of carbonyl (C=O) groups is 2. The lowest BCUT2D eigenvalue weighted by atomic mass is 9.88. The van der Waals surface area contributed by atoms with Crippen molar-refractivity contribution in [2.45, 2.75) is 77.8 Å². The van der Waals surface area contributed by atoms with Crippen molar-refractivity contribution >= 4 is 11.9 Å². The highest BCUT2D eigenvalue weighted by molar-refractivity contribution is 5.66. The van der Waals surface area contributed by atoms with Gasteiger partial charge in [0.15, 0.2) is 6.29 Å². The maximum atomic E-state index is 11.6. The molecule has 2 saturated heterocycles. The van der Waals surface area contributed by atoms with Crippen LogP contribution in [-0.4, -0.2) is 56.4 Å². The van der Waals surface area contributed by atoms with Crippen molar-refractivity contribution in [3.8, 4) is 0 Å². The minimum Gasteiger partial charge on any atom is -0.462 e. The van der Waals surface area contributed by atoms with Crippen molar-refractivity contribution in [3.05, 3.63) is 11.6 Å². The summed E-state index contributed by atoms with van der Waals surface area (Å²) in [6.45, 7) is 8.97. The fraction of sp³-hybridized carbons (Fsp3) is 0.810. The molecule has 28 heavy (non-hydrogen) atoms. The molecule has 0 aromatic heterocycles. The van der Waals surface area contributed by atoms with Crippen LogP contribution < -0.4 is 0 Å². The Morgan fingerprint density at radius 1 is 1.25 bits per heavy atom. The van der Waals surface area contributed by atoms with Crippen LogP contribution in [0.2, 0.25) is 0 Å². The Hall–Kier alpha value is -1.44. The number of esters is 2. The van der Waals surface area contributed by atoms with Crippen molar-refractivity contribution in [1.82, 2.24) is 0 Å². The molecule has 2 aliphatic rings. The van der Waals surface area contributed by atoms with E-state index >= 15 is 0 Å². The van der Waals surface area contributed by atoms with E-state index in [1.165, 1.54) is 13.8 Å². The third-order valence-corrected chi connectivity index (χ3v) is 5.41. The molecule has 2 fully saturated rings. The molecule has 0 N–H and O–H groups in total. The summed E-state index contributed by atoms with van der Waals surface area (Å²) in [4.78, 5) is 22.6. The molecule has 0 amide bonds. The van der Waals surface area contributed by atoms with E-state index < -0.39 is 5.60 Å². The van der Waals surface area contributed by atoms with Crippen molar-refractivity contribution < 1.29 is 33.3 Å². The SMILES string of the molecule is CC(=O)OCC=C1CC[C@@H](OC(C)=O)C(C)(CCCC(C)C2OCCO2)OC1. The van der Waals surface area contributed by atoms with Crippen LogP contribution in [-0.2, 0) is 33.3 Å². The molecule has 0 spiro atoms. The molecule has 3 atom stereocenters. The van der Waals surface area contributed by atoms with Gasteiger partial charge in [0, 0.05) is 19.8 Å². The fourth-order valence-corrected chi connectivity index (χ4v) is 3.72. The quantitative estimate of drug-likeness (QED) is 0.459. The van der Waals surface area contributed by atoms with E-state index in [1.807, 2.05) is 13.0 Å². The van der Waals surface area contributed by atoms with Gasteiger partial charge in [-0.25, -0.2) is 0 Å². The van der Waals surface area contributed by atoms with Gasteiger partial charge in [0.25, 0.3) is 0 Å². The van der Waals surface area contributed by atoms with E-state index in [0.29, 0.717) is 32.2 Å². The Kier molecular flexibility index (Phi) is 8.92. The molecule has 2 unspecified atom stereocenters. The van der Waals surface area contributed by atoms with Crippen LogP contribution in [0.15, 0.2) is 11.6 Å². The van der Waals surface area contributed by atoms with E-state index in [2.05, 4.69) is 6.92 Å². The summed E-state index contributed by atoms with van der Waals surface area (Å²) >= 11 is 0. The van der Waals surface area contributed by atoms with Crippen LogP contribution >= 0.6 is 0 Å². The second kappa shape index (κ2) is 10.9. The number of hydrogen-bond acceptors (Lipinski definition) is 7. The van der Waals surface area contributed by atoms with Gasteiger partial charge < -0.3 is 23.7 Å². The highest BCUT2D eigenvalue weighted by Gasteiger charge is 2.39. The van der Waals surface area contributed by atoms with Gasteiger partial charge in [-0.15, -0.1) is 0 Å². The van der Waals surface area contributed by atoms with Crippen molar-refractivity contribution in [2.75, 3.05) is 26.4 Å². The van der Waals surface area contributed by atoms with Crippen LogP contribution in [0.5, 0.6) is 0 Å². The molecule has 160 valence electrons. The van der Waals surface area contributed by atoms with Crippen LogP contribution in [0.25, 0.3) is 0 Å². The molecule has 7 nitrogen and oxygen atoms in total. The molecule has 2 rings (SSSR count). The largest absolute Gasteiger partial charge is 0.462 e. The normalized spacial score (nSPS) is 28.7. The van der Waals surface area contributed by atoms with Crippen LogP contribution in [0.4, 0.5) is 0 Å². The Balaban J connectivity index is 1.94. The Morgan fingerprint density at radius 2 is 1.96 bits per heavy atom. The average Bonchev–Trinajstić information content (AvgIpc) is 3.11. The van der Waals surface area contributed by atoms with Gasteiger partial charge in [-0.3, -0.25) is 9.59 Å². The van der Waals surface area contributed by atoms with E-state index in [0.717, 1.165) is 31.3 Å². The predicted octanol–water partition coefficient (Wildman–Crippen LogP) is 3.16. The molecular formula is C21H34O7. The second-order valence-electron chi connectivity index (χ2n) is 7.88. The maximum absolute atomic E-state index is 11.6. The highest BCUT2D eigenvalue weighted by atomic mass is 16.7. The first-order valence-electron chi connectivity index (χ1n) is 10.2. The molecule has 0 aromatic carbocycles. The highest BCUT2D eigenvalue weighted by Crippen LogP contribution is 2.34. The maximum Gasteiger partial charge on any atom is 0.303 e. The van der Waals surface area contributed by atoms with Gasteiger partial charge in [-0.05, 0) is 50.7 Å². The van der Waals surface area contributed by atoms with Gasteiger partial charge in [0.05, 0.1) is 19.8 Å². The van der Waals surface area contributed by atoms with Crippen LogP contribution in [0.1, 0.15) is 59.8 Å². The lowest BCUT2D eigenvalue weighted by Crippen LogP contribution is -2.43. The van der Waals surface area contributed by atoms with Gasteiger partial charge in [0.2, 0.25) is 0 Å². The molecule has 0 saturated carbocycles. The van der Waals surface area contributed by atoms with E-state index in [4.69, 9.17) is 23.7 Å². The van der Waals surface area contributed by atoms with Crippen LogP contribution in [0.3, 0.4) is 0 Å².